The van der Waals surface area contributed by atoms with Gasteiger partial charge in [0.15, 0.2) is 0 Å². The van der Waals surface area contributed by atoms with Crippen LogP contribution in [0.4, 0.5) is 0 Å². The van der Waals surface area contributed by atoms with E-state index in [1.165, 1.54) is 16.5 Å². The average molecular weight is 540 g/mol. The smallest absolute Gasteiger partial charge is 0.242 e. The van der Waals surface area contributed by atoms with Crippen molar-refractivity contribution in [1.29, 1.82) is 0 Å². The van der Waals surface area contributed by atoms with Gasteiger partial charge in [-0.1, -0.05) is 54.1 Å². The average Bonchev–Trinajstić information content (AvgIpc) is 3.35. The number of benzene rings is 3. The van der Waals surface area contributed by atoms with Gasteiger partial charge in [0, 0.05) is 24.2 Å². The van der Waals surface area contributed by atoms with Crippen LogP contribution in [0.25, 0.3) is 10.8 Å². The highest BCUT2D eigenvalue weighted by Gasteiger charge is 2.36. The number of halogens is 1. The van der Waals surface area contributed by atoms with Gasteiger partial charge in [-0.25, -0.2) is 8.42 Å². The van der Waals surface area contributed by atoms with Crippen LogP contribution in [0.1, 0.15) is 31.2 Å². The number of fused-ring (bicyclic) bond motifs is 1. The molecule has 2 atom stereocenters. The second-order valence-corrected chi connectivity index (χ2v) is 12.0. The predicted molar refractivity (Wildman–Crippen MR) is 144 cm³/mol. The topological polar surface area (TPSA) is 86.8 Å². The molecule has 2 saturated heterocycles. The normalized spacial score (nSPS) is 20.5. The van der Waals surface area contributed by atoms with E-state index in [2.05, 4.69) is 16.9 Å². The lowest BCUT2D eigenvalue weighted by Gasteiger charge is -2.34. The lowest BCUT2D eigenvalue weighted by Crippen LogP contribution is -2.55. The quantitative estimate of drug-likeness (QED) is 0.492. The fraction of sp³-hybridized carbons (Fsp3) is 0.357. The van der Waals surface area contributed by atoms with Gasteiger partial charge < -0.3 is 9.80 Å². The molecule has 0 spiro atoms. The van der Waals surface area contributed by atoms with E-state index in [1.807, 2.05) is 23.1 Å². The highest BCUT2D eigenvalue weighted by Crippen LogP contribution is 2.25. The first-order chi connectivity index (χ1) is 17.8. The van der Waals surface area contributed by atoms with Crippen LogP contribution in [0, 0.1) is 0 Å². The Hall–Kier alpha value is -2.94. The summed E-state index contributed by atoms with van der Waals surface area (Å²) in [5, 5.41) is 2.14. The summed E-state index contributed by atoms with van der Waals surface area (Å²) in [5.41, 5.74) is 1.19. The monoisotopic (exact) mass is 539 g/mol. The third kappa shape index (κ3) is 5.81. The number of hydrogen-bond donors (Lipinski definition) is 1. The molecule has 2 aliphatic rings. The summed E-state index contributed by atoms with van der Waals surface area (Å²) in [6.07, 6.45) is 3.69. The van der Waals surface area contributed by atoms with E-state index in [9.17, 15) is 18.0 Å². The zero-order valence-electron chi connectivity index (χ0n) is 20.5. The van der Waals surface area contributed by atoms with E-state index >= 15 is 0 Å². The summed E-state index contributed by atoms with van der Waals surface area (Å²) in [5.74, 6) is -0.432. The zero-order chi connectivity index (χ0) is 26.0. The van der Waals surface area contributed by atoms with Crippen LogP contribution in [-0.4, -0.2) is 61.7 Å². The molecule has 0 bridgehead atoms. The molecular formula is C28H30ClN3O4S. The second-order valence-electron chi connectivity index (χ2n) is 9.80. The lowest BCUT2D eigenvalue weighted by atomic mass is 10.0. The number of carbonyl (C=O) groups excluding carboxylic acids is 2. The van der Waals surface area contributed by atoms with Crippen molar-refractivity contribution in [2.75, 3.05) is 19.6 Å². The van der Waals surface area contributed by atoms with Crippen molar-refractivity contribution in [2.24, 2.45) is 0 Å². The Balaban J connectivity index is 1.24. The van der Waals surface area contributed by atoms with Gasteiger partial charge in [-0.05, 0) is 72.7 Å². The molecule has 3 aromatic rings. The van der Waals surface area contributed by atoms with Crippen LogP contribution in [0.2, 0.25) is 5.02 Å². The molecule has 3 aromatic carbocycles. The minimum Gasteiger partial charge on any atom is -0.338 e. The predicted octanol–water partition coefficient (Wildman–Crippen LogP) is 4.00. The van der Waals surface area contributed by atoms with Gasteiger partial charge in [-0.15, -0.1) is 0 Å². The van der Waals surface area contributed by atoms with Crippen molar-refractivity contribution in [2.45, 2.75) is 49.1 Å². The van der Waals surface area contributed by atoms with E-state index in [0.29, 0.717) is 31.0 Å². The maximum Gasteiger partial charge on any atom is 0.242 e. The summed E-state index contributed by atoms with van der Waals surface area (Å²) < 4.78 is 28.8. The molecule has 7 nitrogen and oxygen atoms in total. The number of piperidine rings is 1. The van der Waals surface area contributed by atoms with Gasteiger partial charge in [-0.2, -0.15) is 4.72 Å². The number of sulfonamides is 1. The number of likely N-dealkylation sites (tertiary alicyclic amines) is 2. The van der Waals surface area contributed by atoms with Gasteiger partial charge in [-0.3, -0.25) is 9.59 Å². The highest BCUT2D eigenvalue weighted by molar-refractivity contribution is 7.89. The molecule has 0 radical (unpaired) electrons. The summed E-state index contributed by atoms with van der Waals surface area (Å²) in [7, 11) is -3.93. The molecule has 37 heavy (non-hydrogen) atoms. The third-order valence-electron chi connectivity index (χ3n) is 7.25. The van der Waals surface area contributed by atoms with Crippen LogP contribution < -0.4 is 4.72 Å². The number of nitrogens with zero attached hydrogens (tertiary/aromatic N) is 2. The molecule has 9 heteroatoms. The Bertz CT molecular complexity index is 1410. The van der Waals surface area contributed by atoms with Crippen molar-refractivity contribution in [3.8, 4) is 0 Å². The standard InChI is InChI=1S/C28H30ClN3O4S/c29-23-12-10-22-18-25(13-11-21(22)17-23)37(35,36)30-26-9-5-14-31(28(26)34)19-27(33)32-15-4-8-24(32)16-20-6-2-1-3-7-20/h1-3,6-7,10-13,17-18,24,26,30H,4-5,8-9,14-16,19H2/t24?,26-/m0/s1. The molecule has 194 valence electrons. The van der Waals surface area contributed by atoms with Crippen LogP contribution in [0.5, 0.6) is 0 Å². The number of rotatable bonds is 7. The van der Waals surface area contributed by atoms with Crippen molar-refractivity contribution >= 4 is 44.2 Å². The van der Waals surface area contributed by atoms with Crippen molar-refractivity contribution < 1.29 is 18.0 Å². The maximum atomic E-state index is 13.2. The summed E-state index contributed by atoms with van der Waals surface area (Å²) in [4.78, 5) is 29.9. The Morgan fingerprint density at radius 2 is 1.68 bits per heavy atom. The number of amides is 2. The molecule has 2 fully saturated rings. The van der Waals surface area contributed by atoms with E-state index in [1.54, 1.807) is 30.3 Å². The summed E-state index contributed by atoms with van der Waals surface area (Å²) in [6.45, 7) is 1.09. The van der Waals surface area contributed by atoms with E-state index in [0.717, 1.165) is 30.0 Å². The minimum atomic E-state index is -3.93. The molecule has 0 aliphatic carbocycles. The lowest BCUT2D eigenvalue weighted by molar-refractivity contribution is -0.143. The van der Waals surface area contributed by atoms with E-state index < -0.39 is 16.1 Å². The molecular weight excluding hydrogens is 510 g/mol. The molecule has 2 heterocycles. The zero-order valence-corrected chi connectivity index (χ0v) is 22.0. The van der Waals surface area contributed by atoms with Gasteiger partial charge in [0.05, 0.1) is 11.4 Å². The van der Waals surface area contributed by atoms with Crippen molar-refractivity contribution in [1.82, 2.24) is 14.5 Å². The number of carbonyl (C=O) groups is 2. The van der Waals surface area contributed by atoms with E-state index in [-0.39, 0.29) is 29.3 Å². The fourth-order valence-corrected chi connectivity index (χ4v) is 6.78. The SMILES string of the molecule is O=C1[C@@H](NS(=O)(=O)c2ccc3cc(Cl)ccc3c2)CCCN1CC(=O)N1CCCC1Cc1ccccc1. The Labute approximate surface area is 222 Å². The van der Waals surface area contributed by atoms with Crippen molar-refractivity contribution in [3.63, 3.8) is 0 Å². The summed E-state index contributed by atoms with van der Waals surface area (Å²) in [6, 6.07) is 19.3. The van der Waals surface area contributed by atoms with Gasteiger partial charge in [0.1, 0.15) is 6.04 Å². The molecule has 0 saturated carbocycles. The molecule has 2 aliphatic heterocycles. The Kier molecular flexibility index (Phi) is 7.51. The Morgan fingerprint density at radius 1 is 0.946 bits per heavy atom. The minimum absolute atomic E-state index is 0.0287. The first-order valence-electron chi connectivity index (χ1n) is 12.6. The molecule has 2 amide bonds. The van der Waals surface area contributed by atoms with Gasteiger partial charge >= 0.3 is 0 Å². The second kappa shape index (κ2) is 10.8. The highest BCUT2D eigenvalue weighted by atomic mass is 35.5. The maximum absolute atomic E-state index is 13.2. The Morgan fingerprint density at radius 3 is 2.49 bits per heavy atom. The van der Waals surface area contributed by atoms with Gasteiger partial charge in [0.2, 0.25) is 21.8 Å². The first kappa shape index (κ1) is 25.7. The molecule has 5 rings (SSSR count). The largest absolute Gasteiger partial charge is 0.338 e. The van der Waals surface area contributed by atoms with Crippen LogP contribution in [0.3, 0.4) is 0 Å². The molecule has 1 N–H and O–H groups in total. The van der Waals surface area contributed by atoms with Crippen LogP contribution >= 0.6 is 11.6 Å². The fourth-order valence-electron chi connectivity index (χ4n) is 5.34. The van der Waals surface area contributed by atoms with Crippen LogP contribution in [0.15, 0.2) is 71.6 Å². The molecule has 1 unspecified atom stereocenters. The van der Waals surface area contributed by atoms with E-state index in [4.69, 9.17) is 11.6 Å². The third-order valence-corrected chi connectivity index (χ3v) is 8.95. The van der Waals surface area contributed by atoms with Gasteiger partial charge in [0.25, 0.3) is 0 Å². The first-order valence-corrected chi connectivity index (χ1v) is 14.5. The number of hydrogen-bond acceptors (Lipinski definition) is 4. The van der Waals surface area contributed by atoms with Crippen LogP contribution in [-0.2, 0) is 26.0 Å². The number of nitrogens with one attached hydrogen (secondary N) is 1. The molecule has 0 aromatic heterocycles. The van der Waals surface area contributed by atoms with Crippen molar-refractivity contribution in [3.05, 3.63) is 77.3 Å². The summed E-state index contributed by atoms with van der Waals surface area (Å²) >= 11 is 6.03.